The first-order chi connectivity index (χ1) is 10.0. The van der Waals surface area contributed by atoms with Gasteiger partial charge < -0.3 is 10.2 Å². The summed E-state index contributed by atoms with van der Waals surface area (Å²) in [6, 6.07) is 5.05. The molecule has 0 radical (unpaired) electrons. The van der Waals surface area contributed by atoms with Gasteiger partial charge in [-0.1, -0.05) is 25.8 Å². The Morgan fingerprint density at radius 2 is 2.14 bits per heavy atom. The van der Waals surface area contributed by atoms with Crippen LogP contribution in [0.5, 0.6) is 0 Å². The molecule has 0 saturated heterocycles. The molecule has 1 aromatic heterocycles. The van der Waals surface area contributed by atoms with Crippen LogP contribution in [-0.2, 0) is 6.42 Å². The summed E-state index contributed by atoms with van der Waals surface area (Å²) < 4.78 is 0. The monoisotopic (exact) mass is 308 g/mol. The average molecular weight is 309 g/mol. The van der Waals surface area contributed by atoms with E-state index in [0.29, 0.717) is 11.5 Å². The molecule has 1 heterocycles. The second kappa shape index (κ2) is 7.75. The zero-order valence-corrected chi connectivity index (χ0v) is 15.0. The highest BCUT2D eigenvalue weighted by Crippen LogP contribution is 2.39. The summed E-state index contributed by atoms with van der Waals surface area (Å²) in [5.41, 5.74) is 0.486. The number of thiophene rings is 1. The fourth-order valence-corrected chi connectivity index (χ4v) is 4.53. The summed E-state index contributed by atoms with van der Waals surface area (Å²) >= 11 is 1.89. The first kappa shape index (κ1) is 17.0. The first-order valence-electron chi connectivity index (χ1n) is 8.42. The zero-order chi connectivity index (χ0) is 15.3. The maximum Gasteiger partial charge on any atom is 0.0112 e. The molecule has 1 atom stereocenters. The summed E-state index contributed by atoms with van der Waals surface area (Å²) in [5, 5.41) is 5.65. The van der Waals surface area contributed by atoms with Crippen LogP contribution in [0, 0.1) is 11.3 Å². The van der Waals surface area contributed by atoms with Crippen LogP contribution >= 0.6 is 11.3 Å². The van der Waals surface area contributed by atoms with E-state index in [2.05, 4.69) is 55.7 Å². The van der Waals surface area contributed by atoms with Gasteiger partial charge in [0.2, 0.25) is 0 Å². The van der Waals surface area contributed by atoms with E-state index in [1.807, 2.05) is 11.3 Å². The number of nitrogens with zero attached hydrogens (tertiary/aromatic N) is 1. The van der Waals surface area contributed by atoms with Crippen LogP contribution in [0.25, 0.3) is 0 Å². The minimum absolute atomic E-state index is 0.486. The zero-order valence-electron chi connectivity index (χ0n) is 14.2. The van der Waals surface area contributed by atoms with Gasteiger partial charge in [-0.2, -0.15) is 0 Å². The quantitative estimate of drug-likeness (QED) is 0.818. The topological polar surface area (TPSA) is 15.3 Å². The fraction of sp³-hybridized carbons (Fsp3) is 0.778. The molecule has 2 rings (SSSR count). The van der Waals surface area contributed by atoms with Crippen LogP contribution in [0.1, 0.15) is 44.4 Å². The number of likely N-dealkylation sites (N-methyl/N-ethyl adjacent to an activating group) is 1. The van der Waals surface area contributed by atoms with Gasteiger partial charge in [-0.05, 0) is 63.1 Å². The molecule has 0 aliphatic heterocycles. The van der Waals surface area contributed by atoms with Crippen LogP contribution in [0.3, 0.4) is 0 Å². The summed E-state index contributed by atoms with van der Waals surface area (Å²) in [5.74, 6) is 0.920. The molecule has 1 saturated carbocycles. The highest BCUT2D eigenvalue weighted by Gasteiger charge is 2.35. The lowest BCUT2D eigenvalue weighted by molar-refractivity contribution is 0.0840. The van der Waals surface area contributed by atoms with Crippen LogP contribution in [0.2, 0.25) is 0 Å². The third-order valence-electron chi connectivity index (χ3n) is 5.30. The molecule has 1 unspecified atom stereocenters. The molecule has 0 amide bonds. The van der Waals surface area contributed by atoms with Crippen molar-refractivity contribution in [3.05, 3.63) is 22.4 Å². The predicted molar refractivity (Wildman–Crippen MR) is 94.1 cm³/mol. The van der Waals surface area contributed by atoms with Crippen molar-refractivity contribution in [2.45, 2.75) is 52.0 Å². The summed E-state index contributed by atoms with van der Waals surface area (Å²) in [4.78, 5) is 4.10. The molecular formula is C18H32N2S. The average Bonchev–Trinajstić information content (AvgIpc) is 2.95. The summed E-state index contributed by atoms with van der Waals surface area (Å²) in [6.45, 7) is 7.17. The maximum absolute atomic E-state index is 3.46. The van der Waals surface area contributed by atoms with Gasteiger partial charge in [-0.25, -0.2) is 0 Å². The normalized spacial score (nSPS) is 28.0. The Kier molecular flexibility index (Phi) is 6.27. The number of rotatable bonds is 7. The minimum Gasteiger partial charge on any atom is -0.319 e. The Balaban J connectivity index is 1.92. The predicted octanol–water partition coefficient (Wildman–Crippen LogP) is 4.03. The van der Waals surface area contributed by atoms with E-state index >= 15 is 0 Å². The molecule has 120 valence electrons. The molecule has 21 heavy (non-hydrogen) atoms. The minimum atomic E-state index is 0.486. The highest BCUT2D eigenvalue weighted by molar-refractivity contribution is 7.09. The Labute approximate surface area is 134 Å². The first-order valence-corrected chi connectivity index (χ1v) is 9.30. The van der Waals surface area contributed by atoms with E-state index < -0.39 is 0 Å². The molecule has 1 fully saturated rings. The Morgan fingerprint density at radius 1 is 1.43 bits per heavy atom. The molecular weight excluding hydrogens is 276 g/mol. The van der Waals surface area contributed by atoms with Crippen LogP contribution in [-0.4, -0.2) is 38.1 Å². The Morgan fingerprint density at radius 3 is 2.71 bits per heavy atom. The molecule has 0 aromatic carbocycles. The van der Waals surface area contributed by atoms with Crippen LogP contribution < -0.4 is 5.32 Å². The fourth-order valence-electron chi connectivity index (χ4n) is 3.70. The van der Waals surface area contributed by atoms with Crippen LogP contribution in [0.15, 0.2) is 17.5 Å². The number of hydrogen-bond donors (Lipinski definition) is 1. The lowest BCUT2D eigenvalue weighted by atomic mass is 9.70. The summed E-state index contributed by atoms with van der Waals surface area (Å²) in [7, 11) is 4.42. The second-order valence-electron chi connectivity index (χ2n) is 7.26. The lowest BCUT2D eigenvalue weighted by Gasteiger charge is -2.43. The molecule has 2 nitrogen and oxygen atoms in total. The van der Waals surface area contributed by atoms with Crippen molar-refractivity contribution in [2.24, 2.45) is 11.3 Å². The second-order valence-corrected chi connectivity index (χ2v) is 8.29. The van der Waals surface area contributed by atoms with E-state index in [9.17, 15) is 0 Å². The van der Waals surface area contributed by atoms with Gasteiger partial charge in [0.15, 0.2) is 0 Å². The van der Waals surface area contributed by atoms with Crippen molar-refractivity contribution in [2.75, 3.05) is 27.2 Å². The van der Waals surface area contributed by atoms with Crippen molar-refractivity contribution in [3.63, 3.8) is 0 Å². The van der Waals surface area contributed by atoms with Crippen molar-refractivity contribution in [1.29, 1.82) is 0 Å². The molecule has 1 aliphatic carbocycles. The number of nitrogens with one attached hydrogen (secondary N) is 1. The molecule has 1 aromatic rings. The van der Waals surface area contributed by atoms with E-state index in [-0.39, 0.29) is 0 Å². The third kappa shape index (κ3) is 4.80. The van der Waals surface area contributed by atoms with Gasteiger partial charge >= 0.3 is 0 Å². The SMILES string of the molecule is CNCC1(CN(C)C(C)Cc2cccs2)CCC(C)CC1. The standard InChI is InChI=1S/C18H32N2S/c1-15-7-9-18(10-8-15,13-19-3)14-20(4)16(2)12-17-6-5-11-21-17/h5-6,11,15-16,19H,7-10,12-14H2,1-4H3. The van der Waals surface area contributed by atoms with Crippen molar-refractivity contribution >= 4 is 11.3 Å². The van der Waals surface area contributed by atoms with Crippen molar-refractivity contribution in [1.82, 2.24) is 10.2 Å². The van der Waals surface area contributed by atoms with Crippen LogP contribution in [0.4, 0.5) is 0 Å². The van der Waals surface area contributed by atoms with Gasteiger partial charge in [0.25, 0.3) is 0 Å². The lowest BCUT2D eigenvalue weighted by Crippen LogP contribution is -2.47. The third-order valence-corrected chi connectivity index (χ3v) is 6.20. The van der Waals surface area contributed by atoms with E-state index in [0.717, 1.165) is 12.5 Å². The van der Waals surface area contributed by atoms with E-state index in [1.54, 1.807) is 0 Å². The van der Waals surface area contributed by atoms with Gasteiger partial charge in [0, 0.05) is 24.0 Å². The maximum atomic E-state index is 3.46. The molecule has 0 bridgehead atoms. The number of hydrogen-bond acceptors (Lipinski definition) is 3. The van der Waals surface area contributed by atoms with Gasteiger partial charge in [0.05, 0.1) is 0 Å². The van der Waals surface area contributed by atoms with E-state index in [4.69, 9.17) is 0 Å². The van der Waals surface area contributed by atoms with Crippen molar-refractivity contribution in [3.8, 4) is 0 Å². The largest absolute Gasteiger partial charge is 0.319 e. The molecule has 1 N–H and O–H groups in total. The summed E-state index contributed by atoms with van der Waals surface area (Å²) in [6.07, 6.45) is 6.74. The highest BCUT2D eigenvalue weighted by atomic mass is 32.1. The van der Waals surface area contributed by atoms with E-state index in [1.165, 1.54) is 43.5 Å². The molecule has 3 heteroatoms. The van der Waals surface area contributed by atoms with Gasteiger partial charge in [-0.3, -0.25) is 0 Å². The smallest absolute Gasteiger partial charge is 0.0112 e. The van der Waals surface area contributed by atoms with Crippen molar-refractivity contribution < 1.29 is 0 Å². The van der Waals surface area contributed by atoms with Gasteiger partial charge in [-0.15, -0.1) is 11.3 Å². The molecule has 0 spiro atoms. The Bertz CT molecular complexity index is 393. The van der Waals surface area contributed by atoms with Gasteiger partial charge in [0.1, 0.15) is 0 Å². The Hall–Kier alpha value is -0.380. The molecule has 1 aliphatic rings.